The number of aliphatic hydroxyl groups excluding tert-OH is 1. The highest BCUT2D eigenvalue weighted by molar-refractivity contribution is 8.01. The van der Waals surface area contributed by atoms with E-state index in [9.17, 15) is 4.79 Å². The third-order valence-electron chi connectivity index (χ3n) is 3.86. The average molecular weight is 322 g/mol. The first-order valence-corrected chi connectivity index (χ1v) is 8.87. The lowest BCUT2D eigenvalue weighted by atomic mass is 10.0. The van der Waals surface area contributed by atoms with Gasteiger partial charge in [0.1, 0.15) is 0 Å². The van der Waals surface area contributed by atoms with Gasteiger partial charge < -0.3 is 10.4 Å². The number of rotatable bonds is 7. The standard InChI is InChI=1S/C15H18N2O2S2/c18-8-7-15(5-6-15)10-16-13(19)9-20-14-17-11-3-1-2-4-12(11)21-14/h1-4,18H,5-10H2,(H,16,19). The van der Waals surface area contributed by atoms with Crippen LogP contribution in [0.5, 0.6) is 0 Å². The van der Waals surface area contributed by atoms with Gasteiger partial charge in [-0.3, -0.25) is 4.79 Å². The van der Waals surface area contributed by atoms with Crippen LogP contribution in [0.1, 0.15) is 19.3 Å². The molecule has 1 aliphatic rings. The molecule has 1 amide bonds. The lowest BCUT2D eigenvalue weighted by Gasteiger charge is -2.14. The van der Waals surface area contributed by atoms with Gasteiger partial charge in [-0.2, -0.15) is 0 Å². The molecule has 1 aromatic carbocycles. The molecule has 2 aromatic rings. The Morgan fingerprint density at radius 2 is 2.24 bits per heavy atom. The van der Waals surface area contributed by atoms with Crippen LogP contribution in [0.3, 0.4) is 0 Å². The summed E-state index contributed by atoms with van der Waals surface area (Å²) in [6, 6.07) is 8.00. The number of benzene rings is 1. The molecule has 1 heterocycles. The Labute approximate surface area is 132 Å². The van der Waals surface area contributed by atoms with Crippen LogP contribution in [0.25, 0.3) is 10.2 Å². The van der Waals surface area contributed by atoms with Crippen LogP contribution >= 0.6 is 23.1 Å². The van der Waals surface area contributed by atoms with E-state index in [0.29, 0.717) is 12.3 Å². The summed E-state index contributed by atoms with van der Waals surface area (Å²) >= 11 is 3.11. The SMILES string of the molecule is O=C(CSc1nc2ccccc2s1)NCC1(CCO)CC1. The highest BCUT2D eigenvalue weighted by Gasteiger charge is 2.41. The zero-order valence-electron chi connectivity index (χ0n) is 11.7. The van der Waals surface area contributed by atoms with E-state index in [1.54, 1.807) is 11.3 Å². The van der Waals surface area contributed by atoms with Crippen LogP contribution in [0.4, 0.5) is 0 Å². The molecule has 2 N–H and O–H groups in total. The predicted octanol–water partition coefficient (Wildman–Crippen LogP) is 2.67. The van der Waals surface area contributed by atoms with Crippen molar-refractivity contribution in [3.63, 3.8) is 0 Å². The van der Waals surface area contributed by atoms with Crippen molar-refractivity contribution >= 4 is 39.2 Å². The molecular weight excluding hydrogens is 304 g/mol. The molecule has 0 spiro atoms. The van der Waals surface area contributed by atoms with Gasteiger partial charge in [-0.15, -0.1) is 11.3 Å². The van der Waals surface area contributed by atoms with Crippen LogP contribution in [0.15, 0.2) is 28.6 Å². The molecule has 1 fully saturated rings. The van der Waals surface area contributed by atoms with E-state index in [4.69, 9.17) is 5.11 Å². The Morgan fingerprint density at radius 3 is 2.95 bits per heavy atom. The van der Waals surface area contributed by atoms with Crippen molar-refractivity contribution in [1.29, 1.82) is 0 Å². The Balaban J connectivity index is 1.47. The van der Waals surface area contributed by atoms with E-state index >= 15 is 0 Å². The number of thiazole rings is 1. The minimum Gasteiger partial charge on any atom is -0.396 e. The van der Waals surface area contributed by atoms with Crippen molar-refractivity contribution in [2.24, 2.45) is 5.41 Å². The number of aromatic nitrogens is 1. The molecule has 112 valence electrons. The fraction of sp³-hybridized carbons (Fsp3) is 0.467. The lowest BCUT2D eigenvalue weighted by molar-refractivity contribution is -0.118. The number of amides is 1. The van der Waals surface area contributed by atoms with E-state index in [0.717, 1.165) is 33.8 Å². The minimum absolute atomic E-state index is 0.0449. The van der Waals surface area contributed by atoms with Crippen molar-refractivity contribution in [1.82, 2.24) is 10.3 Å². The number of hydrogen-bond donors (Lipinski definition) is 2. The summed E-state index contributed by atoms with van der Waals surface area (Å²) in [5.74, 6) is 0.443. The van der Waals surface area contributed by atoms with E-state index < -0.39 is 0 Å². The minimum atomic E-state index is 0.0449. The zero-order valence-corrected chi connectivity index (χ0v) is 13.3. The number of carbonyl (C=O) groups excluding carboxylic acids is 1. The van der Waals surface area contributed by atoms with Gasteiger partial charge in [-0.1, -0.05) is 23.9 Å². The predicted molar refractivity (Wildman–Crippen MR) is 86.7 cm³/mol. The van der Waals surface area contributed by atoms with Gasteiger partial charge in [0.2, 0.25) is 5.91 Å². The molecule has 1 aromatic heterocycles. The molecular formula is C15H18N2O2S2. The Bertz CT molecular complexity index is 604. The fourth-order valence-electron chi connectivity index (χ4n) is 2.31. The smallest absolute Gasteiger partial charge is 0.230 e. The second kappa shape index (κ2) is 6.34. The lowest BCUT2D eigenvalue weighted by Crippen LogP contribution is -2.31. The second-order valence-electron chi connectivity index (χ2n) is 5.49. The highest BCUT2D eigenvalue weighted by Crippen LogP contribution is 2.47. The molecule has 3 rings (SSSR count). The third-order valence-corrected chi connectivity index (χ3v) is 6.04. The van der Waals surface area contributed by atoms with Crippen molar-refractivity contribution in [2.45, 2.75) is 23.6 Å². The van der Waals surface area contributed by atoms with Crippen LogP contribution in [-0.4, -0.2) is 34.9 Å². The number of hydrogen-bond acceptors (Lipinski definition) is 5. The third kappa shape index (κ3) is 3.75. The summed E-state index contributed by atoms with van der Waals surface area (Å²) in [6.07, 6.45) is 3.01. The van der Waals surface area contributed by atoms with Gasteiger partial charge in [0.25, 0.3) is 0 Å². The Morgan fingerprint density at radius 1 is 1.43 bits per heavy atom. The molecule has 0 saturated heterocycles. The zero-order chi connectivity index (χ0) is 14.7. The maximum absolute atomic E-state index is 11.9. The number of nitrogens with zero attached hydrogens (tertiary/aromatic N) is 1. The maximum Gasteiger partial charge on any atom is 0.230 e. The van der Waals surface area contributed by atoms with Crippen LogP contribution in [0.2, 0.25) is 0 Å². The summed E-state index contributed by atoms with van der Waals surface area (Å²) in [5, 5.41) is 12.0. The Hall–Kier alpha value is -1.11. The molecule has 1 aliphatic carbocycles. The van der Waals surface area contributed by atoms with Crippen LogP contribution in [-0.2, 0) is 4.79 Å². The van der Waals surface area contributed by atoms with E-state index in [1.807, 2.05) is 24.3 Å². The van der Waals surface area contributed by atoms with E-state index in [-0.39, 0.29) is 17.9 Å². The van der Waals surface area contributed by atoms with Gasteiger partial charge in [-0.05, 0) is 36.8 Å². The molecule has 0 unspecified atom stereocenters. The van der Waals surface area contributed by atoms with Gasteiger partial charge in [-0.25, -0.2) is 4.98 Å². The molecule has 0 radical (unpaired) electrons. The average Bonchev–Trinajstić information content (AvgIpc) is 3.12. The van der Waals surface area contributed by atoms with Crippen molar-refractivity contribution in [3.8, 4) is 0 Å². The number of aliphatic hydroxyl groups is 1. The van der Waals surface area contributed by atoms with Crippen molar-refractivity contribution in [3.05, 3.63) is 24.3 Å². The molecule has 0 bridgehead atoms. The quantitative estimate of drug-likeness (QED) is 0.769. The second-order valence-corrected chi connectivity index (χ2v) is 7.74. The molecule has 0 aliphatic heterocycles. The summed E-state index contributed by atoms with van der Waals surface area (Å²) in [7, 11) is 0. The Kier molecular flexibility index (Phi) is 4.47. The first kappa shape index (κ1) is 14.8. The van der Waals surface area contributed by atoms with Crippen LogP contribution in [0, 0.1) is 5.41 Å². The number of para-hydroxylation sites is 1. The largest absolute Gasteiger partial charge is 0.396 e. The van der Waals surface area contributed by atoms with Gasteiger partial charge in [0.15, 0.2) is 4.34 Å². The summed E-state index contributed by atoms with van der Waals surface area (Å²) < 4.78 is 2.09. The first-order valence-electron chi connectivity index (χ1n) is 7.07. The van der Waals surface area contributed by atoms with Gasteiger partial charge in [0.05, 0.1) is 16.0 Å². The molecule has 4 nitrogen and oxygen atoms in total. The van der Waals surface area contributed by atoms with Crippen LogP contribution < -0.4 is 5.32 Å². The van der Waals surface area contributed by atoms with Gasteiger partial charge >= 0.3 is 0 Å². The van der Waals surface area contributed by atoms with Crippen molar-refractivity contribution in [2.75, 3.05) is 18.9 Å². The topological polar surface area (TPSA) is 62.2 Å². The number of fused-ring (bicyclic) bond motifs is 1. The highest BCUT2D eigenvalue weighted by atomic mass is 32.2. The van der Waals surface area contributed by atoms with Crippen molar-refractivity contribution < 1.29 is 9.90 Å². The monoisotopic (exact) mass is 322 g/mol. The van der Waals surface area contributed by atoms with Gasteiger partial charge in [0, 0.05) is 13.2 Å². The normalized spacial score (nSPS) is 16.0. The van der Waals surface area contributed by atoms with E-state index in [1.165, 1.54) is 11.8 Å². The number of carbonyl (C=O) groups is 1. The number of thioether (sulfide) groups is 1. The summed E-state index contributed by atoms with van der Waals surface area (Å²) in [4.78, 5) is 16.4. The number of nitrogens with one attached hydrogen (secondary N) is 1. The molecule has 21 heavy (non-hydrogen) atoms. The molecule has 0 atom stereocenters. The molecule has 6 heteroatoms. The maximum atomic E-state index is 11.9. The first-order chi connectivity index (χ1) is 10.2. The molecule has 1 saturated carbocycles. The van der Waals surface area contributed by atoms with E-state index in [2.05, 4.69) is 10.3 Å². The summed E-state index contributed by atoms with van der Waals surface area (Å²) in [5.41, 5.74) is 1.16. The fourth-order valence-corrected chi connectivity index (χ4v) is 4.20. The summed E-state index contributed by atoms with van der Waals surface area (Å²) in [6.45, 7) is 0.892.